The van der Waals surface area contributed by atoms with Crippen LogP contribution in [-0.2, 0) is 52.3 Å². The van der Waals surface area contributed by atoms with Crippen LogP contribution in [0.25, 0.3) is 0 Å². The van der Waals surface area contributed by atoms with Crippen molar-refractivity contribution in [3.8, 4) is 0 Å². The van der Waals surface area contributed by atoms with Crippen molar-refractivity contribution in [3.63, 3.8) is 0 Å². The lowest BCUT2D eigenvalue weighted by Gasteiger charge is -2.39. The number of hydrogen-bond donors (Lipinski definition) is 2. The highest BCUT2D eigenvalue weighted by Crippen LogP contribution is 2.36. The van der Waals surface area contributed by atoms with Crippen LogP contribution < -0.4 is 0 Å². The first kappa shape index (κ1) is 61.9. The van der Waals surface area contributed by atoms with E-state index in [1.807, 2.05) is 0 Å². The molecule has 10 rings (SSSR count). The van der Waals surface area contributed by atoms with Gasteiger partial charge in [0.15, 0.2) is 44.1 Å². The number of rotatable bonds is 21. The molecule has 9 aromatic carbocycles. The van der Waals surface area contributed by atoms with Crippen LogP contribution >= 0.6 is 0 Å². The summed E-state index contributed by atoms with van der Waals surface area (Å²) < 4.78 is 0. The first-order valence-corrected chi connectivity index (χ1v) is 33.0. The van der Waals surface area contributed by atoms with Crippen molar-refractivity contribution in [1.82, 2.24) is 14.7 Å². The van der Waals surface area contributed by atoms with Gasteiger partial charge in [-0.2, -0.15) is 0 Å². The number of benzene rings is 9. The van der Waals surface area contributed by atoms with Crippen molar-refractivity contribution in [2.24, 2.45) is 0 Å². The van der Waals surface area contributed by atoms with Gasteiger partial charge in [0.2, 0.25) is 0 Å². The van der Waals surface area contributed by atoms with Crippen molar-refractivity contribution in [2.75, 3.05) is 26.3 Å². The van der Waals surface area contributed by atoms with Gasteiger partial charge in [-0.1, -0.05) is 158 Å². The standard InChI is InChI=1S/C26H30NS.2C24H28NOS/c1-21-10-9-11-22(2)27(21)20-23-16-18-26(19-17-23)28(24-12-5-3-6-13-24)25-14-7-4-8-15-25;1-20(2)25(17-18-26)19-21-11-9-10-16-24(21)27(22-12-5-3-6-13-22)23-14-7-4-8-15-23;1-20(2)25(16-17-26)19-21-10-9-15-24(18-21)27(22-11-5-3-6-12-22)23-13-7-4-8-14-23/h3-8,12-19,21-22H,9-11,20H2,1-2H3;3-16,20,26H,17-19H2,1-2H3;3-15,18,20,26H,16-17,19H2,1-2H3/q3*+1. The van der Waals surface area contributed by atoms with Crippen LogP contribution in [0.2, 0.25) is 0 Å². The van der Waals surface area contributed by atoms with Crippen molar-refractivity contribution in [2.45, 2.75) is 149 Å². The molecule has 0 aliphatic carbocycles. The number of aliphatic hydroxyl groups is 2. The molecule has 2 N–H and O–H groups in total. The average molecular weight is 1150 g/mol. The molecule has 2 atom stereocenters. The van der Waals surface area contributed by atoms with Crippen molar-refractivity contribution in [3.05, 3.63) is 271 Å². The van der Waals surface area contributed by atoms with E-state index in [0.717, 1.165) is 19.6 Å². The Labute approximate surface area is 500 Å². The van der Waals surface area contributed by atoms with E-state index in [-0.39, 0.29) is 45.9 Å². The molecule has 1 aliphatic heterocycles. The second kappa shape index (κ2) is 32.6. The topological polar surface area (TPSA) is 50.2 Å². The van der Waals surface area contributed by atoms with Gasteiger partial charge in [0.05, 0.1) is 45.9 Å². The molecule has 0 amide bonds. The van der Waals surface area contributed by atoms with Gasteiger partial charge in [-0.25, -0.2) is 0 Å². The second-order valence-corrected chi connectivity index (χ2v) is 27.6. The smallest absolute Gasteiger partial charge is 0.171 e. The molecule has 1 fully saturated rings. The fourth-order valence-corrected chi connectivity index (χ4v) is 17.1. The Hall–Kier alpha value is -6.17. The maximum Gasteiger partial charge on any atom is 0.171 e. The van der Waals surface area contributed by atoms with E-state index in [2.05, 4.69) is 311 Å². The molecule has 2 unspecified atom stereocenters. The summed E-state index contributed by atoms with van der Waals surface area (Å²) in [4.78, 5) is 19.5. The van der Waals surface area contributed by atoms with Gasteiger partial charge in [0.1, 0.15) is 0 Å². The lowest BCUT2D eigenvalue weighted by Crippen LogP contribution is -2.42. The summed E-state index contributed by atoms with van der Waals surface area (Å²) in [5.74, 6) is 0. The van der Waals surface area contributed by atoms with Gasteiger partial charge in [-0.15, -0.1) is 0 Å². The lowest BCUT2D eigenvalue weighted by molar-refractivity contribution is 0.0952. The minimum atomic E-state index is -0.149. The molecule has 1 heterocycles. The molecule has 0 radical (unpaired) electrons. The molecule has 0 spiro atoms. The van der Waals surface area contributed by atoms with E-state index >= 15 is 0 Å². The second-order valence-electron chi connectivity index (χ2n) is 21.6. The monoisotopic (exact) mass is 1140 g/mol. The van der Waals surface area contributed by atoms with E-state index in [9.17, 15) is 10.2 Å². The van der Waals surface area contributed by atoms with Crippen LogP contribution in [0.1, 0.15) is 77.5 Å². The zero-order valence-corrected chi connectivity index (χ0v) is 51.5. The lowest BCUT2D eigenvalue weighted by atomic mass is 9.97. The van der Waals surface area contributed by atoms with Gasteiger partial charge in [0, 0.05) is 62.5 Å². The van der Waals surface area contributed by atoms with Gasteiger partial charge >= 0.3 is 0 Å². The first-order chi connectivity index (χ1) is 40.1. The van der Waals surface area contributed by atoms with Crippen LogP contribution in [0.4, 0.5) is 0 Å². The molecule has 0 bridgehead atoms. The fraction of sp³-hybridized carbons (Fsp3) is 0.270. The summed E-state index contributed by atoms with van der Waals surface area (Å²) in [6.07, 6.45) is 4.02. The summed E-state index contributed by atoms with van der Waals surface area (Å²) in [6, 6.07) is 94.0. The highest BCUT2D eigenvalue weighted by Gasteiger charge is 2.33. The fourth-order valence-electron chi connectivity index (χ4n) is 10.6. The zero-order chi connectivity index (χ0) is 57.5. The number of hydrogen-bond acceptors (Lipinski definition) is 5. The third-order valence-electron chi connectivity index (χ3n) is 15.1. The van der Waals surface area contributed by atoms with Gasteiger partial charge in [0.25, 0.3) is 0 Å². The Morgan fingerprint density at radius 3 is 1.16 bits per heavy atom. The third-order valence-corrected chi connectivity index (χ3v) is 21.9. The molecule has 0 aromatic heterocycles. The van der Waals surface area contributed by atoms with Crippen LogP contribution in [0.5, 0.6) is 0 Å². The maximum absolute atomic E-state index is 9.46. The Morgan fingerprint density at radius 2 is 0.744 bits per heavy atom. The molecule has 424 valence electrons. The maximum atomic E-state index is 9.46. The van der Waals surface area contributed by atoms with Crippen molar-refractivity contribution in [1.29, 1.82) is 0 Å². The molecule has 9 aromatic rings. The predicted octanol–water partition coefficient (Wildman–Crippen LogP) is 16.5. The Kier molecular flexibility index (Phi) is 24.6. The summed E-state index contributed by atoms with van der Waals surface area (Å²) in [7, 11) is -0.328. The number of aliphatic hydroxyl groups excluding tert-OH is 2. The third kappa shape index (κ3) is 17.7. The molecular formula is C74H86N3O2S3+3. The van der Waals surface area contributed by atoms with Gasteiger partial charge < -0.3 is 10.2 Å². The van der Waals surface area contributed by atoms with Gasteiger partial charge in [-0.3, -0.25) is 14.7 Å². The summed E-state index contributed by atoms with van der Waals surface area (Å²) in [5, 5.41) is 18.8. The molecule has 1 aliphatic rings. The molecule has 1 saturated heterocycles. The van der Waals surface area contributed by atoms with Crippen LogP contribution in [0, 0.1) is 0 Å². The van der Waals surface area contributed by atoms with Crippen molar-refractivity contribution >= 4 is 32.7 Å². The molecule has 0 saturated carbocycles. The predicted molar refractivity (Wildman–Crippen MR) is 348 cm³/mol. The van der Waals surface area contributed by atoms with E-state index in [1.54, 1.807) is 0 Å². The molecule has 5 nitrogen and oxygen atoms in total. The Bertz CT molecular complexity index is 3060. The van der Waals surface area contributed by atoms with Crippen LogP contribution in [0.3, 0.4) is 0 Å². The molecular weight excluding hydrogens is 1060 g/mol. The van der Waals surface area contributed by atoms with Crippen molar-refractivity contribution < 1.29 is 10.2 Å². The largest absolute Gasteiger partial charge is 0.395 e. The van der Waals surface area contributed by atoms with Crippen LogP contribution in [0.15, 0.2) is 299 Å². The SMILES string of the molecule is CC(C)N(CCO)Cc1cccc([S+](c2ccccc2)c2ccccc2)c1.CC(C)N(CCO)Cc1ccccc1[S+](c1ccccc1)c1ccccc1.CC1CCCC(C)N1Cc1ccc([S+](c2ccccc2)c2ccccc2)cc1. The number of piperidine rings is 1. The minimum absolute atomic E-state index is 0.0572. The minimum Gasteiger partial charge on any atom is -0.395 e. The summed E-state index contributed by atoms with van der Waals surface area (Å²) in [6.45, 7) is 18.0. The average Bonchev–Trinajstić information content (AvgIpc) is 3.57. The summed E-state index contributed by atoms with van der Waals surface area (Å²) >= 11 is 0. The zero-order valence-electron chi connectivity index (χ0n) is 49.1. The molecule has 82 heavy (non-hydrogen) atoms. The normalized spacial score (nSPS) is 14.5. The summed E-state index contributed by atoms with van der Waals surface area (Å²) in [5.41, 5.74) is 4.05. The quantitative estimate of drug-likeness (QED) is 0.0702. The number of likely N-dealkylation sites (tertiary alicyclic amines) is 1. The first-order valence-electron chi connectivity index (χ1n) is 29.4. The molecule has 8 heteroatoms. The van der Waals surface area contributed by atoms with Crippen LogP contribution in [-0.4, -0.2) is 75.4 Å². The Morgan fingerprint density at radius 1 is 0.390 bits per heavy atom. The Balaban J connectivity index is 0.000000161. The van der Waals surface area contributed by atoms with E-state index < -0.39 is 0 Å². The van der Waals surface area contributed by atoms with Gasteiger partial charge in [-0.05, 0) is 169 Å². The number of nitrogens with zero attached hydrogens (tertiary/aromatic N) is 3. The highest BCUT2D eigenvalue weighted by atomic mass is 32.2. The van der Waals surface area contributed by atoms with E-state index in [4.69, 9.17) is 0 Å². The van der Waals surface area contributed by atoms with E-state index in [1.165, 1.54) is 80.0 Å². The van der Waals surface area contributed by atoms with E-state index in [0.29, 0.717) is 37.3 Å². The highest BCUT2D eigenvalue weighted by molar-refractivity contribution is 7.97.